The number of aromatic nitrogens is 1. The molecule has 0 aliphatic heterocycles. The zero-order chi connectivity index (χ0) is 18.7. The molecule has 0 spiro atoms. The lowest BCUT2D eigenvalue weighted by atomic mass is 9.99. The number of pyridine rings is 1. The Hall–Kier alpha value is -3.38. The minimum absolute atomic E-state index is 0.230. The van der Waals surface area contributed by atoms with Crippen molar-refractivity contribution in [1.82, 2.24) is 4.57 Å². The second kappa shape index (κ2) is 7.25. The van der Waals surface area contributed by atoms with E-state index in [2.05, 4.69) is 0 Å². The summed E-state index contributed by atoms with van der Waals surface area (Å²) in [5.41, 5.74) is 2.37. The molecule has 0 unspecified atom stereocenters. The maximum atomic E-state index is 11.5. The van der Waals surface area contributed by atoms with Crippen molar-refractivity contribution >= 4 is 5.97 Å². The fraction of sp³-hybridized carbons (Fsp3) is 0.100. The van der Waals surface area contributed by atoms with E-state index in [9.17, 15) is 24.9 Å². The van der Waals surface area contributed by atoms with Crippen LogP contribution in [-0.2, 0) is 13.2 Å². The lowest BCUT2D eigenvalue weighted by Crippen LogP contribution is -2.13. The highest BCUT2D eigenvalue weighted by Crippen LogP contribution is 2.24. The Balaban J connectivity index is 1.91. The van der Waals surface area contributed by atoms with Gasteiger partial charge in [-0.1, -0.05) is 42.5 Å². The van der Waals surface area contributed by atoms with E-state index in [0.29, 0.717) is 17.8 Å². The molecule has 3 aromatic rings. The zero-order valence-corrected chi connectivity index (χ0v) is 13.8. The molecule has 6 heteroatoms. The minimum Gasteiger partial charge on any atom is -0.503 e. The number of aliphatic hydroxyl groups is 1. The Morgan fingerprint density at radius 2 is 1.73 bits per heavy atom. The van der Waals surface area contributed by atoms with Gasteiger partial charge in [-0.25, -0.2) is 4.79 Å². The van der Waals surface area contributed by atoms with E-state index in [1.165, 1.54) is 12.3 Å². The van der Waals surface area contributed by atoms with Gasteiger partial charge in [-0.05, 0) is 22.8 Å². The molecule has 0 aliphatic carbocycles. The average Bonchev–Trinajstić information content (AvgIpc) is 2.65. The lowest BCUT2D eigenvalue weighted by Gasteiger charge is -2.13. The second-order valence-electron chi connectivity index (χ2n) is 5.85. The molecule has 3 rings (SSSR count). The summed E-state index contributed by atoms with van der Waals surface area (Å²) in [6.45, 7) is 0.0319. The number of rotatable bonds is 5. The fourth-order valence-electron chi connectivity index (χ4n) is 2.79. The van der Waals surface area contributed by atoms with Crippen LogP contribution in [0.15, 0.2) is 65.6 Å². The first-order chi connectivity index (χ1) is 12.5. The van der Waals surface area contributed by atoms with Crippen LogP contribution in [0.5, 0.6) is 5.75 Å². The molecule has 1 aromatic heterocycles. The predicted molar refractivity (Wildman–Crippen MR) is 96.2 cm³/mol. The highest BCUT2D eigenvalue weighted by atomic mass is 16.4. The first-order valence-electron chi connectivity index (χ1n) is 7.94. The maximum Gasteiger partial charge on any atom is 0.336 e. The molecule has 0 radical (unpaired) electrons. The number of hydrogen-bond donors (Lipinski definition) is 3. The van der Waals surface area contributed by atoms with Gasteiger partial charge in [0, 0.05) is 18.3 Å². The number of aliphatic hydroxyl groups excluding tert-OH is 1. The third-order valence-corrected chi connectivity index (χ3v) is 4.13. The number of aromatic carboxylic acids is 1. The normalized spacial score (nSPS) is 10.7. The third kappa shape index (κ3) is 3.50. The van der Waals surface area contributed by atoms with Crippen LogP contribution in [-0.4, -0.2) is 25.9 Å². The van der Waals surface area contributed by atoms with E-state index in [4.69, 9.17) is 0 Å². The number of aromatic hydroxyl groups is 1. The van der Waals surface area contributed by atoms with Gasteiger partial charge in [0.05, 0.1) is 18.4 Å². The summed E-state index contributed by atoms with van der Waals surface area (Å²) < 4.78 is 1.59. The molecule has 3 N–H and O–H groups in total. The summed E-state index contributed by atoms with van der Waals surface area (Å²) in [6, 6.07) is 15.3. The third-order valence-electron chi connectivity index (χ3n) is 4.13. The molecule has 0 saturated carbocycles. The van der Waals surface area contributed by atoms with Gasteiger partial charge >= 0.3 is 5.97 Å². The van der Waals surface area contributed by atoms with Crippen molar-refractivity contribution in [3.63, 3.8) is 0 Å². The number of carboxylic acids is 1. The summed E-state index contributed by atoms with van der Waals surface area (Å²) in [5, 5.41) is 28.3. The quantitative estimate of drug-likeness (QED) is 0.656. The first kappa shape index (κ1) is 17.4. The zero-order valence-electron chi connectivity index (χ0n) is 13.8. The summed E-state index contributed by atoms with van der Waals surface area (Å²) in [6.07, 6.45) is 1.29. The highest BCUT2D eigenvalue weighted by molar-refractivity contribution is 5.95. The number of nitrogens with zero attached hydrogens (tertiary/aromatic N) is 1. The van der Waals surface area contributed by atoms with Gasteiger partial charge in [-0.15, -0.1) is 0 Å². The average molecular weight is 351 g/mol. The standard InChI is InChI=1S/C20H17NO5/c22-12-15-9-18(23)19(24)11-21(15)10-13-5-7-14(8-6-13)16-3-1-2-4-17(16)20(25)26/h1-9,11,22,24H,10,12H2,(H,25,26). The summed E-state index contributed by atoms with van der Waals surface area (Å²) in [7, 11) is 0. The molecule has 0 aliphatic rings. The van der Waals surface area contributed by atoms with E-state index in [1.807, 2.05) is 24.3 Å². The predicted octanol–water partition coefficient (Wildman–Crippen LogP) is 2.46. The minimum atomic E-state index is -0.985. The summed E-state index contributed by atoms with van der Waals surface area (Å²) in [5.74, 6) is -1.37. The van der Waals surface area contributed by atoms with Crippen molar-refractivity contribution in [3.8, 4) is 16.9 Å². The molecular weight excluding hydrogens is 334 g/mol. The summed E-state index contributed by atoms with van der Waals surface area (Å²) >= 11 is 0. The smallest absolute Gasteiger partial charge is 0.336 e. The number of carboxylic acid groups (broad SMARTS) is 1. The molecule has 0 bridgehead atoms. The van der Waals surface area contributed by atoms with Gasteiger partial charge in [-0.2, -0.15) is 0 Å². The molecule has 2 aromatic carbocycles. The molecule has 6 nitrogen and oxygen atoms in total. The van der Waals surface area contributed by atoms with E-state index in [0.717, 1.165) is 11.1 Å². The molecule has 26 heavy (non-hydrogen) atoms. The molecule has 0 saturated heterocycles. The van der Waals surface area contributed by atoms with Crippen molar-refractivity contribution in [2.45, 2.75) is 13.2 Å². The molecular formula is C20H17NO5. The largest absolute Gasteiger partial charge is 0.503 e. The second-order valence-corrected chi connectivity index (χ2v) is 5.85. The Morgan fingerprint density at radius 1 is 1.04 bits per heavy atom. The van der Waals surface area contributed by atoms with E-state index in [1.54, 1.807) is 28.8 Å². The molecule has 0 amide bonds. The van der Waals surface area contributed by atoms with Gasteiger partial charge in [-0.3, -0.25) is 4.79 Å². The number of hydrogen-bond acceptors (Lipinski definition) is 4. The van der Waals surface area contributed by atoms with Gasteiger partial charge in [0.2, 0.25) is 5.43 Å². The van der Waals surface area contributed by atoms with Crippen LogP contribution in [0.2, 0.25) is 0 Å². The summed E-state index contributed by atoms with van der Waals surface area (Å²) in [4.78, 5) is 22.8. The SMILES string of the molecule is O=C(O)c1ccccc1-c1ccc(Cn2cc(O)c(=O)cc2CO)cc1. The van der Waals surface area contributed by atoms with Crippen LogP contribution < -0.4 is 5.43 Å². The van der Waals surface area contributed by atoms with Gasteiger partial charge < -0.3 is 19.9 Å². The van der Waals surface area contributed by atoms with Crippen molar-refractivity contribution < 1.29 is 20.1 Å². The van der Waals surface area contributed by atoms with Crippen molar-refractivity contribution in [3.05, 3.63) is 87.8 Å². The Labute approximate surface area is 149 Å². The Morgan fingerprint density at radius 3 is 2.38 bits per heavy atom. The fourth-order valence-corrected chi connectivity index (χ4v) is 2.79. The van der Waals surface area contributed by atoms with Gasteiger partial charge in [0.1, 0.15) is 0 Å². The Kier molecular flexibility index (Phi) is 4.86. The highest BCUT2D eigenvalue weighted by Gasteiger charge is 2.11. The van der Waals surface area contributed by atoms with Crippen LogP contribution >= 0.6 is 0 Å². The number of carbonyl (C=O) groups is 1. The van der Waals surface area contributed by atoms with E-state index >= 15 is 0 Å². The molecule has 1 heterocycles. The molecule has 0 fully saturated rings. The molecule has 132 valence electrons. The Bertz CT molecular complexity index is 1010. The maximum absolute atomic E-state index is 11.5. The van der Waals surface area contributed by atoms with Crippen LogP contribution in [0.1, 0.15) is 21.6 Å². The van der Waals surface area contributed by atoms with Crippen molar-refractivity contribution in [2.75, 3.05) is 0 Å². The van der Waals surface area contributed by atoms with E-state index in [-0.39, 0.29) is 17.9 Å². The van der Waals surface area contributed by atoms with Crippen molar-refractivity contribution in [2.24, 2.45) is 0 Å². The van der Waals surface area contributed by atoms with Crippen LogP contribution in [0.3, 0.4) is 0 Å². The van der Waals surface area contributed by atoms with E-state index < -0.39 is 11.4 Å². The lowest BCUT2D eigenvalue weighted by molar-refractivity contribution is 0.0697. The van der Waals surface area contributed by atoms with Gasteiger partial charge in [0.15, 0.2) is 5.75 Å². The first-order valence-corrected chi connectivity index (χ1v) is 7.94. The van der Waals surface area contributed by atoms with Crippen LogP contribution in [0.4, 0.5) is 0 Å². The topological polar surface area (TPSA) is 99.8 Å². The van der Waals surface area contributed by atoms with Crippen molar-refractivity contribution in [1.29, 1.82) is 0 Å². The van der Waals surface area contributed by atoms with Gasteiger partial charge in [0.25, 0.3) is 0 Å². The molecule has 0 atom stereocenters. The monoisotopic (exact) mass is 351 g/mol. The van der Waals surface area contributed by atoms with Crippen LogP contribution in [0, 0.1) is 0 Å². The van der Waals surface area contributed by atoms with Crippen LogP contribution in [0.25, 0.3) is 11.1 Å². The number of benzene rings is 2.